The Balaban J connectivity index is 1.72. The highest BCUT2D eigenvalue weighted by atomic mass is 79.9. The number of anilines is 3. The van der Waals surface area contributed by atoms with Crippen LogP contribution in [0.25, 0.3) is 11.0 Å². The molecule has 0 radical (unpaired) electrons. The molecule has 3 aromatic rings. The van der Waals surface area contributed by atoms with E-state index in [4.69, 9.17) is 0 Å². The molecule has 3 heterocycles. The van der Waals surface area contributed by atoms with Gasteiger partial charge >= 0.3 is 0 Å². The van der Waals surface area contributed by atoms with Crippen molar-refractivity contribution in [3.63, 3.8) is 0 Å². The second-order valence-corrected chi connectivity index (χ2v) is 8.38. The molecule has 0 aliphatic heterocycles. The highest BCUT2D eigenvalue weighted by Gasteiger charge is 2.23. The lowest BCUT2D eigenvalue weighted by atomic mass is 10.1. The molecule has 0 aromatic carbocycles. The first kappa shape index (κ1) is 20.5. The van der Waals surface area contributed by atoms with Gasteiger partial charge in [-0.3, -0.25) is 14.2 Å². The number of fused-ring (bicyclic) bond motifs is 1. The molecule has 1 fully saturated rings. The summed E-state index contributed by atoms with van der Waals surface area (Å²) in [5.74, 6) is 0.857. The number of carbonyl (C=O) groups excluding carboxylic acids is 1. The zero-order valence-electron chi connectivity index (χ0n) is 17.1. The van der Waals surface area contributed by atoms with Crippen LogP contribution in [0, 0.1) is 6.92 Å². The normalized spacial score (nSPS) is 14.3. The quantitative estimate of drug-likeness (QED) is 0.616. The zero-order chi connectivity index (χ0) is 21.4. The van der Waals surface area contributed by atoms with Crippen molar-refractivity contribution in [1.29, 1.82) is 0 Å². The van der Waals surface area contributed by atoms with Crippen LogP contribution >= 0.6 is 15.9 Å². The summed E-state index contributed by atoms with van der Waals surface area (Å²) in [7, 11) is 1.70. The Morgan fingerprint density at radius 1 is 1.23 bits per heavy atom. The highest BCUT2D eigenvalue weighted by Crippen LogP contribution is 2.32. The molecule has 1 amide bonds. The third kappa shape index (κ3) is 3.69. The van der Waals surface area contributed by atoms with Gasteiger partial charge in [-0.2, -0.15) is 4.98 Å². The van der Waals surface area contributed by atoms with E-state index < -0.39 is 0 Å². The Bertz CT molecular complexity index is 1170. The maximum atomic E-state index is 13.0. The lowest BCUT2D eigenvalue weighted by molar-refractivity contribution is -0.116. The van der Waals surface area contributed by atoms with Crippen LogP contribution in [0.5, 0.6) is 0 Å². The average molecular weight is 471 g/mol. The van der Waals surface area contributed by atoms with Crippen molar-refractivity contribution in [1.82, 2.24) is 19.5 Å². The van der Waals surface area contributed by atoms with E-state index in [-0.39, 0.29) is 17.5 Å². The highest BCUT2D eigenvalue weighted by molar-refractivity contribution is 9.10. The van der Waals surface area contributed by atoms with Gasteiger partial charge in [0.2, 0.25) is 11.9 Å². The second-order valence-electron chi connectivity index (χ2n) is 7.59. The number of hydrogen-bond donors (Lipinski definition) is 1. The van der Waals surface area contributed by atoms with Crippen LogP contribution < -0.4 is 15.8 Å². The van der Waals surface area contributed by atoms with Crippen molar-refractivity contribution in [3.8, 4) is 0 Å². The molecule has 0 unspecified atom stereocenters. The number of hydrogen-bond acceptors (Lipinski definition) is 6. The van der Waals surface area contributed by atoms with Gasteiger partial charge in [0.25, 0.3) is 5.56 Å². The predicted octanol–water partition coefficient (Wildman–Crippen LogP) is 4.10. The topological polar surface area (TPSA) is 93.0 Å². The van der Waals surface area contributed by atoms with Crippen molar-refractivity contribution in [2.24, 2.45) is 0 Å². The van der Waals surface area contributed by atoms with Gasteiger partial charge < -0.3 is 10.2 Å². The number of nitrogens with zero attached hydrogens (tertiary/aromatic N) is 5. The second kappa shape index (κ2) is 8.14. The summed E-state index contributed by atoms with van der Waals surface area (Å²) < 4.78 is 2.38. The number of aryl methyl sites for hydroxylation is 1. The molecule has 4 rings (SSSR count). The van der Waals surface area contributed by atoms with Gasteiger partial charge in [0.15, 0.2) is 0 Å². The van der Waals surface area contributed by atoms with Crippen molar-refractivity contribution in [2.45, 2.75) is 45.6 Å². The maximum absolute atomic E-state index is 13.0. The minimum Gasteiger partial charge on any atom is -0.314 e. The Hall–Kier alpha value is -2.81. The van der Waals surface area contributed by atoms with Crippen molar-refractivity contribution >= 4 is 50.3 Å². The van der Waals surface area contributed by atoms with E-state index in [9.17, 15) is 9.59 Å². The number of carbonyl (C=O) groups is 1. The van der Waals surface area contributed by atoms with Crippen LogP contribution in [-0.2, 0) is 4.79 Å². The van der Waals surface area contributed by atoms with E-state index in [1.165, 1.54) is 11.8 Å². The fourth-order valence-electron chi connectivity index (χ4n) is 3.82. The van der Waals surface area contributed by atoms with Gasteiger partial charge in [0.05, 0.1) is 16.4 Å². The lowest BCUT2D eigenvalue weighted by Crippen LogP contribution is -2.26. The van der Waals surface area contributed by atoms with Crippen LogP contribution in [-0.4, -0.2) is 32.5 Å². The molecule has 3 aromatic heterocycles. The molecule has 1 saturated carbocycles. The molecule has 9 heteroatoms. The van der Waals surface area contributed by atoms with E-state index in [1.54, 1.807) is 31.6 Å². The summed E-state index contributed by atoms with van der Waals surface area (Å²) in [6, 6.07) is 3.71. The number of halogens is 1. The standard InChI is InChI=1S/C21H23BrN6O2/c1-12-16-11-24-21(25-17-9-8-15(10-23-17)27(3)13(2)29)26-19(16)28(20(30)18(12)22)14-6-4-5-7-14/h8-11,14H,4-7H2,1-3H3,(H,23,24,25,26). The van der Waals surface area contributed by atoms with Crippen LogP contribution in [0.15, 0.2) is 33.8 Å². The fourth-order valence-corrected chi connectivity index (χ4v) is 4.22. The van der Waals surface area contributed by atoms with Gasteiger partial charge in [-0.05, 0) is 53.4 Å². The zero-order valence-corrected chi connectivity index (χ0v) is 18.7. The van der Waals surface area contributed by atoms with Crippen molar-refractivity contribution in [3.05, 3.63) is 44.9 Å². The molecule has 0 bridgehead atoms. The van der Waals surface area contributed by atoms with Crippen LogP contribution in [0.2, 0.25) is 0 Å². The minimum atomic E-state index is -0.0678. The Labute approximate surface area is 182 Å². The molecule has 0 spiro atoms. The van der Waals surface area contributed by atoms with Gasteiger partial charge in [-0.15, -0.1) is 0 Å². The number of amides is 1. The molecule has 1 N–H and O–H groups in total. The molecule has 0 atom stereocenters. The van der Waals surface area contributed by atoms with E-state index >= 15 is 0 Å². The summed E-state index contributed by atoms with van der Waals surface area (Å²) in [5, 5.41) is 3.95. The van der Waals surface area contributed by atoms with Gasteiger partial charge in [0, 0.05) is 31.6 Å². The summed E-state index contributed by atoms with van der Waals surface area (Å²) >= 11 is 3.46. The summed E-state index contributed by atoms with van der Waals surface area (Å²) in [6.07, 6.45) is 7.54. The first-order valence-corrected chi connectivity index (χ1v) is 10.7. The molecule has 156 valence electrons. The lowest BCUT2D eigenvalue weighted by Gasteiger charge is -2.18. The van der Waals surface area contributed by atoms with E-state index in [0.717, 1.165) is 36.6 Å². The number of nitrogens with one attached hydrogen (secondary N) is 1. The largest absolute Gasteiger partial charge is 0.314 e. The van der Waals surface area contributed by atoms with Crippen LogP contribution in [0.4, 0.5) is 17.5 Å². The Morgan fingerprint density at radius 2 is 1.97 bits per heavy atom. The molecule has 0 saturated heterocycles. The van der Waals surface area contributed by atoms with E-state index in [2.05, 4.69) is 36.2 Å². The number of rotatable bonds is 4. The maximum Gasteiger partial charge on any atom is 0.267 e. The Morgan fingerprint density at radius 3 is 2.60 bits per heavy atom. The summed E-state index contributed by atoms with van der Waals surface area (Å²) in [5.41, 5.74) is 2.12. The molecule has 1 aliphatic carbocycles. The van der Waals surface area contributed by atoms with Crippen LogP contribution in [0.1, 0.15) is 44.2 Å². The number of aromatic nitrogens is 4. The monoisotopic (exact) mass is 470 g/mol. The molecule has 8 nitrogen and oxygen atoms in total. The molecule has 1 aliphatic rings. The SMILES string of the molecule is CC(=O)N(C)c1ccc(Nc2ncc3c(C)c(Br)c(=O)n(C4CCCC4)c3n2)nc1. The van der Waals surface area contributed by atoms with Crippen molar-refractivity contribution in [2.75, 3.05) is 17.3 Å². The summed E-state index contributed by atoms with van der Waals surface area (Å²) in [6.45, 7) is 3.40. The van der Waals surface area contributed by atoms with E-state index in [0.29, 0.717) is 27.6 Å². The molecular weight excluding hydrogens is 448 g/mol. The summed E-state index contributed by atoms with van der Waals surface area (Å²) in [4.78, 5) is 39.5. The third-order valence-corrected chi connectivity index (χ3v) is 6.61. The van der Waals surface area contributed by atoms with Gasteiger partial charge in [0.1, 0.15) is 11.5 Å². The van der Waals surface area contributed by atoms with Crippen LogP contribution in [0.3, 0.4) is 0 Å². The van der Waals surface area contributed by atoms with Gasteiger partial charge in [-0.25, -0.2) is 9.97 Å². The minimum absolute atomic E-state index is 0.0497. The van der Waals surface area contributed by atoms with Crippen molar-refractivity contribution < 1.29 is 4.79 Å². The van der Waals surface area contributed by atoms with Gasteiger partial charge in [-0.1, -0.05) is 12.8 Å². The first-order chi connectivity index (χ1) is 14.4. The first-order valence-electron chi connectivity index (χ1n) is 9.91. The average Bonchev–Trinajstić information content (AvgIpc) is 3.26. The number of pyridine rings is 2. The molecular formula is C21H23BrN6O2. The fraction of sp³-hybridized carbons (Fsp3) is 0.381. The Kier molecular flexibility index (Phi) is 5.55. The van der Waals surface area contributed by atoms with E-state index in [1.807, 2.05) is 11.5 Å². The molecule has 30 heavy (non-hydrogen) atoms. The smallest absolute Gasteiger partial charge is 0.267 e. The third-order valence-electron chi connectivity index (χ3n) is 5.67. The predicted molar refractivity (Wildman–Crippen MR) is 120 cm³/mol.